The van der Waals surface area contributed by atoms with Crippen LogP contribution in [-0.2, 0) is 0 Å². The number of halogens is 1. The normalized spacial score (nSPS) is 17.0. The highest BCUT2D eigenvalue weighted by Crippen LogP contribution is 2.36. The van der Waals surface area contributed by atoms with E-state index in [9.17, 15) is 0 Å². The summed E-state index contributed by atoms with van der Waals surface area (Å²) >= 11 is 7.73. The number of pyridine rings is 1. The van der Waals surface area contributed by atoms with Crippen molar-refractivity contribution < 1.29 is 0 Å². The standard InChI is InChI=1S/C17H20ClN7S/c1-17(20)4-8-24(9-5-17)16-11-2-7-23-25(11)13(10-22-16)26-12-3-6-21-15(19)14(12)18/h2-3,6-7,10H,4-5,8-9,20H2,1H3,(H2,19,21). The fourth-order valence-corrected chi connectivity index (χ4v) is 4.17. The fraction of sp³-hybridized carbons (Fsp3) is 0.353. The smallest absolute Gasteiger partial charge is 0.154 e. The third kappa shape index (κ3) is 3.20. The lowest BCUT2D eigenvalue weighted by Crippen LogP contribution is -2.48. The summed E-state index contributed by atoms with van der Waals surface area (Å²) < 4.78 is 1.89. The first kappa shape index (κ1) is 17.4. The molecule has 0 atom stereocenters. The number of rotatable bonds is 3. The van der Waals surface area contributed by atoms with Gasteiger partial charge in [-0.05, 0) is 31.9 Å². The van der Waals surface area contributed by atoms with Gasteiger partial charge < -0.3 is 16.4 Å². The zero-order chi connectivity index (χ0) is 18.3. The molecule has 1 aliphatic rings. The van der Waals surface area contributed by atoms with Crippen LogP contribution in [0.4, 0.5) is 11.6 Å². The first-order valence-corrected chi connectivity index (χ1v) is 9.58. The monoisotopic (exact) mass is 389 g/mol. The minimum atomic E-state index is -0.0964. The van der Waals surface area contributed by atoms with Crippen molar-refractivity contribution in [1.82, 2.24) is 19.6 Å². The summed E-state index contributed by atoms with van der Waals surface area (Å²) in [5, 5.41) is 5.77. The SMILES string of the molecule is CC1(N)CCN(c2ncc(Sc3ccnc(N)c3Cl)n3nccc23)CC1. The molecule has 0 amide bonds. The van der Waals surface area contributed by atoms with Crippen molar-refractivity contribution >= 4 is 40.5 Å². The molecule has 26 heavy (non-hydrogen) atoms. The Morgan fingerprint density at radius 2 is 1.96 bits per heavy atom. The number of piperidine rings is 1. The van der Waals surface area contributed by atoms with Crippen LogP contribution in [0.1, 0.15) is 19.8 Å². The average molecular weight is 390 g/mol. The Hall–Kier alpha value is -2.03. The highest BCUT2D eigenvalue weighted by Gasteiger charge is 2.27. The van der Waals surface area contributed by atoms with Crippen LogP contribution in [0.15, 0.2) is 40.6 Å². The molecular formula is C17H20ClN7S. The molecule has 0 spiro atoms. The molecule has 136 valence electrons. The molecule has 4 rings (SSSR count). The average Bonchev–Trinajstić information content (AvgIpc) is 3.10. The molecule has 3 aromatic heterocycles. The summed E-state index contributed by atoms with van der Waals surface area (Å²) in [6.45, 7) is 3.89. The van der Waals surface area contributed by atoms with E-state index in [1.807, 2.05) is 22.8 Å². The Labute approximate surface area is 160 Å². The molecule has 3 aromatic rings. The van der Waals surface area contributed by atoms with E-state index in [-0.39, 0.29) is 5.54 Å². The van der Waals surface area contributed by atoms with Crippen molar-refractivity contribution in [3.63, 3.8) is 0 Å². The number of hydrogen-bond donors (Lipinski definition) is 2. The second-order valence-corrected chi connectivity index (χ2v) is 8.24. The lowest BCUT2D eigenvalue weighted by molar-refractivity contribution is 0.363. The molecule has 0 radical (unpaired) electrons. The molecule has 4 N–H and O–H groups in total. The Bertz CT molecular complexity index is 945. The van der Waals surface area contributed by atoms with E-state index in [0.29, 0.717) is 10.8 Å². The van der Waals surface area contributed by atoms with Gasteiger partial charge in [-0.2, -0.15) is 5.10 Å². The molecule has 7 nitrogen and oxygen atoms in total. The number of hydrogen-bond acceptors (Lipinski definition) is 7. The number of nitrogens with two attached hydrogens (primary N) is 2. The Morgan fingerprint density at radius 1 is 1.19 bits per heavy atom. The van der Waals surface area contributed by atoms with Crippen LogP contribution in [0.5, 0.6) is 0 Å². The topological polar surface area (TPSA) is 98.4 Å². The van der Waals surface area contributed by atoms with Gasteiger partial charge in [0.05, 0.1) is 17.4 Å². The van der Waals surface area contributed by atoms with E-state index in [1.54, 1.807) is 12.4 Å². The maximum Gasteiger partial charge on any atom is 0.154 e. The number of fused-ring (bicyclic) bond motifs is 1. The van der Waals surface area contributed by atoms with Crippen molar-refractivity contribution in [2.75, 3.05) is 23.7 Å². The predicted octanol–water partition coefficient (Wildman–Crippen LogP) is 2.83. The van der Waals surface area contributed by atoms with Crippen molar-refractivity contribution in [2.45, 2.75) is 35.2 Å². The molecule has 9 heteroatoms. The third-order valence-electron chi connectivity index (χ3n) is 4.68. The van der Waals surface area contributed by atoms with Crippen LogP contribution in [0.25, 0.3) is 5.52 Å². The number of nitrogen functional groups attached to an aromatic ring is 1. The molecule has 0 aromatic carbocycles. The molecule has 0 bridgehead atoms. The van der Waals surface area contributed by atoms with Crippen molar-refractivity contribution in [3.8, 4) is 0 Å². The zero-order valence-electron chi connectivity index (χ0n) is 14.4. The zero-order valence-corrected chi connectivity index (χ0v) is 16.0. The second-order valence-electron chi connectivity index (χ2n) is 6.80. The van der Waals surface area contributed by atoms with Gasteiger partial charge >= 0.3 is 0 Å². The van der Waals surface area contributed by atoms with Crippen molar-refractivity contribution in [1.29, 1.82) is 0 Å². The first-order chi connectivity index (χ1) is 12.4. The highest BCUT2D eigenvalue weighted by atomic mass is 35.5. The molecule has 0 saturated carbocycles. The van der Waals surface area contributed by atoms with E-state index in [1.165, 1.54) is 11.8 Å². The summed E-state index contributed by atoms with van der Waals surface area (Å²) in [5.74, 6) is 1.25. The lowest BCUT2D eigenvalue weighted by atomic mass is 9.91. The Kier molecular flexibility index (Phi) is 4.42. The van der Waals surface area contributed by atoms with E-state index in [2.05, 4.69) is 21.9 Å². The van der Waals surface area contributed by atoms with E-state index >= 15 is 0 Å². The number of anilines is 2. The summed E-state index contributed by atoms with van der Waals surface area (Å²) in [6.07, 6.45) is 7.13. The minimum Gasteiger partial charge on any atom is -0.382 e. The number of aromatic nitrogens is 4. The van der Waals surface area contributed by atoms with Crippen LogP contribution in [0.3, 0.4) is 0 Å². The van der Waals surface area contributed by atoms with Crippen LogP contribution < -0.4 is 16.4 Å². The van der Waals surface area contributed by atoms with Crippen LogP contribution >= 0.6 is 23.4 Å². The van der Waals surface area contributed by atoms with Gasteiger partial charge in [0.2, 0.25) is 0 Å². The molecule has 1 fully saturated rings. The molecule has 1 aliphatic heterocycles. The van der Waals surface area contributed by atoms with Gasteiger partial charge in [-0.3, -0.25) is 0 Å². The van der Waals surface area contributed by atoms with Gasteiger partial charge in [0.1, 0.15) is 16.4 Å². The van der Waals surface area contributed by atoms with Gasteiger partial charge in [-0.1, -0.05) is 23.4 Å². The van der Waals surface area contributed by atoms with Gasteiger partial charge in [0, 0.05) is 29.7 Å². The molecule has 0 aliphatic carbocycles. The maximum absolute atomic E-state index is 6.27. The van der Waals surface area contributed by atoms with E-state index < -0.39 is 0 Å². The lowest BCUT2D eigenvalue weighted by Gasteiger charge is -2.37. The molecule has 4 heterocycles. The minimum absolute atomic E-state index is 0.0964. The third-order valence-corrected chi connectivity index (χ3v) is 6.24. The maximum atomic E-state index is 6.27. The van der Waals surface area contributed by atoms with Gasteiger partial charge in [0.25, 0.3) is 0 Å². The number of nitrogens with zero attached hydrogens (tertiary/aromatic N) is 5. The van der Waals surface area contributed by atoms with Crippen LogP contribution in [0.2, 0.25) is 5.02 Å². The Balaban J connectivity index is 1.67. The van der Waals surface area contributed by atoms with Gasteiger partial charge in [-0.15, -0.1) is 0 Å². The summed E-state index contributed by atoms with van der Waals surface area (Å²) in [4.78, 5) is 11.8. The van der Waals surface area contributed by atoms with Crippen LogP contribution in [0, 0.1) is 0 Å². The van der Waals surface area contributed by atoms with Crippen LogP contribution in [-0.4, -0.2) is 38.2 Å². The largest absolute Gasteiger partial charge is 0.382 e. The Morgan fingerprint density at radius 3 is 2.73 bits per heavy atom. The van der Waals surface area contributed by atoms with Gasteiger partial charge in [0.15, 0.2) is 5.82 Å². The molecule has 1 saturated heterocycles. The summed E-state index contributed by atoms with van der Waals surface area (Å²) in [5.41, 5.74) is 12.9. The second kappa shape index (κ2) is 6.61. The summed E-state index contributed by atoms with van der Waals surface area (Å²) in [6, 6.07) is 3.81. The molecular weight excluding hydrogens is 370 g/mol. The van der Waals surface area contributed by atoms with E-state index in [4.69, 9.17) is 28.1 Å². The highest BCUT2D eigenvalue weighted by molar-refractivity contribution is 7.99. The molecule has 0 unspecified atom stereocenters. The summed E-state index contributed by atoms with van der Waals surface area (Å²) in [7, 11) is 0. The van der Waals surface area contributed by atoms with Gasteiger partial charge in [-0.25, -0.2) is 14.5 Å². The van der Waals surface area contributed by atoms with E-state index in [0.717, 1.165) is 47.2 Å². The predicted molar refractivity (Wildman–Crippen MR) is 105 cm³/mol. The first-order valence-electron chi connectivity index (χ1n) is 8.39. The van der Waals surface area contributed by atoms with Crippen molar-refractivity contribution in [2.24, 2.45) is 5.73 Å². The van der Waals surface area contributed by atoms with Crippen molar-refractivity contribution in [3.05, 3.63) is 35.7 Å². The quantitative estimate of drug-likeness (QED) is 0.710. The fourth-order valence-electron chi connectivity index (χ4n) is 3.06.